The zero-order chi connectivity index (χ0) is 13.2. The maximum atomic E-state index is 4.33. The lowest BCUT2D eigenvalue weighted by molar-refractivity contribution is 0.398. The van der Waals surface area contributed by atoms with Gasteiger partial charge in [0.15, 0.2) is 0 Å². The van der Waals surface area contributed by atoms with E-state index in [0.29, 0.717) is 6.04 Å². The van der Waals surface area contributed by atoms with E-state index in [9.17, 15) is 0 Å². The Kier molecular flexibility index (Phi) is 3.41. The van der Waals surface area contributed by atoms with Gasteiger partial charge >= 0.3 is 0 Å². The summed E-state index contributed by atoms with van der Waals surface area (Å²) in [5.74, 6) is 0.812. The zero-order valence-corrected chi connectivity index (χ0v) is 11.8. The molecule has 1 aliphatic carbocycles. The molecule has 1 saturated carbocycles. The quantitative estimate of drug-likeness (QED) is 0.723. The van der Waals surface area contributed by atoms with E-state index >= 15 is 0 Å². The Balaban J connectivity index is 0.000000528. The van der Waals surface area contributed by atoms with Crippen molar-refractivity contribution in [1.82, 2.24) is 9.55 Å². The molecule has 19 heavy (non-hydrogen) atoms. The number of rotatable bonds is 1. The predicted molar refractivity (Wildman–Crippen MR) is 79.1 cm³/mol. The van der Waals surface area contributed by atoms with Crippen LogP contribution in [0.5, 0.6) is 0 Å². The molecule has 2 heteroatoms. The van der Waals surface area contributed by atoms with Crippen LogP contribution in [-0.4, -0.2) is 9.55 Å². The highest BCUT2D eigenvalue weighted by atomic mass is 15.1. The van der Waals surface area contributed by atoms with Gasteiger partial charge in [0, 0.05) is 5.56 Å². The zero-order valence-electron chi connectivity index (χ0n) is 11.8. The van der Waals surface area contributed by atoms with Crippen molar-refractivity contribution >= 4 is 0 Å². The summed E-state index contributed by atoms with van der Waals surface area (Å²) in [5, 5.41) is 0. The lowest BCUT2D eigenvalue weighted by atomic mass is 9.91. The maximum Gasteiger partial charge on any atom is 0.0956 e. The van der Waals surface area contributed by atoms with Crippen molar-refractivity contribution in [3.05, 3.63) is 42.4 Å². The molecule has 2 heterocycles. The largest absolute Gasteiger partial charge is 0.323 e. The van der Waals surface area contributed by atoms with Crippen molar-refractivity contribution in [1.29, 1.82) is 0 Å². The van der Waals surface area contributed by atoms with Crippen molar-refractivity contribution in [3.63, 3.8) is 0 Å². The van der Waals surface area contributed by atoms with Crippen LogP contribution in [0.2, 0.25) is 0 Å². The van der Waals surface area contributed by atoms with Crippen LogP contribution >= 0.6 is 0 Å². The van der Waals surface area contributed by atoms with Gasteiger partial charge in [-0.2, -0.15) is 0 Å². The third-order valence-corrected chi connectivity index (χ3v) is 4.37. The van der Waals surface area contributed by atoms with Gasteiger partial charge in [0.25, 0.3) is 0 Å². The van der Waals surface area contributed by atoms with Crippen LogP contribution in [0.25, 0.3) is 11.3 Å². The normalized spacial score (nSPS) is 20.6. The number of hydrogen-bond donors (Lipinski definition) is 0. The smallest absolute Gasteiger partial charge is 0.0956 e. The standard InChI is InChI=1S/C15H16N2.C2H6/c1-2-6-11(5-1)15-13-8-4-3-7-12(13)14-9-16-10-17(14)15;1-2/h3-4,7-11,15H,1-2,5-6H2;1-2H3. The van der Waals surface area contributed by atoms with Crippen LogP contribution < -0.4 is 0 Å². The second kappa shape index (κ2) is 5.20. The lowest BCUT2D eigenvalue weighted by Gasteiger charge is -2.21. The summed E-state index contributed by atoms with van der Waals surface area (Å²) in [6.07, 6.45) is 9.56. The molecule has 1 aliphatic heterocycles. The number of benzene rings is 1. The van der Waals surface area contributed by atoms with E-state index in [1.807, 2.05) is 26.4 Å². The predicted octanol–water partition coefficient (Wildman–Crippen LogP) is 4.67. The van der Waals surface area contributed by atoms with E-state index in [4.69, 9.17) is 0 Å². The first-order valence-corrected chi connectivity index (χ1v) is 7.56. The third kappa shape index (κ3) is 1.90. The molecular weight excluding hydrogens is 232 g/mol. The number of nitrogens with zero attached hydrogens (tertiary/aromatic N) is 2. The van der Waals surface area contributed by atoms with Crippen molar-refractivity contribution in [2.45, 2.75) is 45.6 Å². The molecule has 2 aromatic rings. The van der Waals surface area contributed by atoms with Gasteiger partial charge in [0.05, 0.1) is 24.3 Å². The van der Waals surface area contributed by atoms with Gasteiger partial charge in [-0.05, 0) is 24.3 Å². The highest BCUT2D eigenvalue weighted by molar-refractivity contribution is 5.69. The minimum atomic E-state index is 0.547. The summed E-state index contributed by atoms with van der Waals surface area (Å²) in [5.41, 5.74) is 4.20. The van der Waals surface area contributed by atoms with Crippen LogP contribution in [-0.2, 0) is 0 Å². The van der Waals surface area contributed by atoms with Crippen LogP contribution in [0.3, 0.4) is 0 Å². The Labute approximate surface area is 115 Å². The van der Waals surface area contributed by atoms with Gasteiger partial charge in [0.2, 0.25) is 0 Å². The van der Waals surface area contributed by atoms with E-state index < -0.39 is 0 Å². The number of aromatic nitrogens is 2. The van der Waals surface area contributed by atoms with Gasteiger partial charge in [0.1, 0.15) is 0 Å². The topological polar surface area (TPSA) is 17.8 Å². The third-order valence-electron chi connectivity index (χ3n) is 4.37. The van der Waals surface area contributed by atoms with Gasteiger partial charge < -0.3 is 4.57 Å². The lowest BCUT2D eigenvalue weighted by Crippen LogP contribution is -2.14. The van der Waals surface area contributed by atoms with Crippen molar-refractivity contribution in [2.75, 3.05) is 0 Å². The van der Waals surface area contributed by atoms with Crippen molar-refractivity contribution < 1.29 is 0 Å². The van der Waals surface area contributed by atoms with E-state index in [2.05, 4.69) is 33.8 Å². The minimum absolute atomic E-state index is 0.547. The number of fused-ring (bicyclic) bond motifs is 3. The monoisotopic (exact) mass is 254 g/mol. The molecule has 4 rings (SSSR count). The maximum absolute atomic E-state index is 4.33. The highest BCUT2D eigenvalue weighted by Crippen LogP contribution is 2.47. The molecule has 0 saturated heterocycles. The molecule has 1 aromatic carbocycles. The summed E-state index contributed by atoms with van der Waals surface area (Å²) in [6, 6.07) is 9.38. The summed E-state index contributed by atoms with van der Waals surface area (Å²) in [4.78, 5) is 4.33. The van der Waals surface area contributed by atoms with E-state index in [1.165, 1.54) is 42.5 Å². The average molecular weight is 254 g/mol. The van der Waals surface area contributed by atoms with Gasteiger partial charge in [-0.15, -0.1) is 0 Å². The molecular formula is C17H22N2. The molecule has 2 nitrogen and oxygen atoms in total. The average Bonchev–Trinajstić information content (AvgIpc) is 3.17. The first kappa shape index (κ1) is 12.5. The molecule has 1 fully saturated rings. The van der Waals surface area contributed by atoms with Crippen LogP contribution in [0.1, 0.15) is 51.1 Å². The highest BCUT2D eigenvalue weighted by Gasteiger charge is 2.35. The molecule has 2 aliphatic rings. The number of hydrogen-bond acceptors (Lipinski definition) is 1. The molecule has 1 atom stereocenters. The fourth-order valence-electron chi connectivity index (χ4n) is 3.63. The minimum Gasteiger partial charge on any atom is -0.323 e. The first-order chi connectivity index (χ1) is 9.45. The fourth-order valence-corrected chi connectivity index (χ4v) is 3.63. The number of imidazole rings is 1. The Hall–Kier alpha value is -1.57. The van der Waals surface area contributed by atoms with Crippen LogP contribution in [0.15, 0.2) is 36.8 Å². The van der Waals surface area contributed by atoms with Crippen molar-refractivity contribution in [3.8, 4) is 11.3 Å². The Morgan fingerprint density at radius 1 is 1.11 bits per heavy atom. The van der Waals surface area contributed by atoms with Crippen LogP contribution in [0, 0.1) is 5.92 Å². The summed E-state index contributed by atoms with van der Waals surface area (Å²) in [6.45, 7) is 4.00. The van der Waals surface area contributed by atoms with Crippen LogP contribution in [0.4, 0.5) is 0 Å². The molecule has 0 bridgehead atoms. The Bertz CT molecular complexity index is 550. The molecule has 1 unspecified atom stereocenters. The molecule has 100 valence electrons. The molecule has 0 radical (unpaired) electrons. The van der Waals surface area contributed by atoms with Gasteiger partial charge in [-0.1, -0.05) is 51.0 Å². The van der Waals surface area contributed by atoms with Gasteiger partial charge in [-0.3, -0.25) is 0 Å². The molecule has 1 aromatic heterocycles. The van der Waals surface area contributed by atoms with E-state index in [-0.39, 0.29) is 0 Å². The molecule has 0 N–H and O–H groups in total. The second-order valence-electron chi connectivity index (χ2n) is 5.26. The van der Waals surface area contributed by atoms with E-state index in [1.54, 1.807) is 0 Å². The molecule has 0 spiro atoms. The second-order valence-corrected chi connectivity index (χ2v) is 5.26. The Morgan fingerprint density at radius 2 is 1.84 bits per heavy atom. The van der Waals surface area contributed by atoms with Crippen molar-refractivity contribution in [2.24, 2.45) is 5.92 Å². The fraction of sp³-hybridized carbons (Fsp3) is 0.471. The SMILES string of the molecule is CC.c1ccc2c(c1)-c1cncn1C2C1CCCC1. The molecule has 0 amide bonds. The summed E-state index contributed by atoms with van der Waals surface area (Å²) in [7, 11) is 0. The summed E-state index contributed by atoms with van der Waals surface area (Å²) >= 11 is 0. The van der Waals surface area contributed by atoms with E-state index in [0.717, 1.165) is 5.92 Å². The van der Waals surface area contributed by atoms with Gasteiger partial charge in [-0.25, -0.2) is 4.98 Å². The summed E-state index contributed by atoms with van der Waals surface area (Å²) < 4.78 is 2.39. The Morgan fingerprint density at radius 3 is 2.63 bits per heavy atom. The first-order valence-electron chi connectivity index (χ1n) is 7.56.